The number of aryl methyl sites for hydroxylation is 1. The van der Waals surface area contributed by atoms with Gasteiger partial charge in [0, 0.05) is 18.2 Å². The molecule has 0 aliphatic rings. The summed E-state index contributed by atoms with van der Waals surface area (Å²) in [4.78, 5) is 0. The summed E-state index contributed by atoms with van der Waals surface area (Å²) in [5.74, 6) is 0. The Balaban J connectivity index is 3.13. The van der Waals surface area contributed by atoms with Crippen LogP contribution in [-0.4, -0.2) is 9.78 Å². The van der Waals surface area contributed by atoms with Gasteiger partial charge in [-0.25, -0.2) is 0 Å². The fraction of sp³-hybridized carbons (Fsp3) is 0.625. The Kier molecular flexibility index (Phi) is 1.97. The highest BCUT2D eigenvalue weighted by atomic mass is 35.5. The predicted octanol–water partition coefficient (Wildman–Crippen LogP) is 2.37. The van der Waals surface area contributed by atoms with E-state index in [2.05, 4.69) is 25.9 Å². The molecule has 0 spiro atoms. The molecule has 0 aromatic carbocycles. The van der Waals surface area contributed by atoms with Crippen molar-refractivity contribution >= 4 is 11.6 Å². The molecular formula is C8H13ClN2. The number of nitrogens with zero attached hydrogens (tertiary/aromatic N) is 2. The van der Waals surface area contributed by atoms with Crippen LogP contribution in [0.3, 0.4) is 0 Å². The van der Waals surface area contributed by atoms with Gasteiger partial charge in [-0.3, -0.25) is 4.68 Å². The summed E-state index contributed by atoms with van der Waals surface area (Å²) in [5.41, 5.74) is 1.28. The number of aromatic nitrogens is 2. The molecule has 2 nitrogen and oxygen atoms in total. The molecule has 0 saturated carbocycles. The quantitative estimate of drug-likeness (QED) is 0.588. The fourth-order valence-corrected chi connectivity index (χ4v) is 1.35. The summed E-state index contributed by atoms with van der Waals surface area (Å²) in [6.07, 6.45) is 0. The van der Waals surface area contributed by atoms with Gasteiger partial charge in [-0.15, -0.1) is 0 Å². The average molecular weight is 173 g/mol. The molecule has 1 heterocycles. The Morgan fingerprint density at radius 1 is 1.45 bits per heavy atom. The SMILES string of the molecule is Cn1nc(Cl)cc1C(C)(C)C. The van der Waals surface area contributed by atoms with Gasteiger partial charge in [-0.2, -0.15) is 5.10 Å². The molecule has 0 atom stereocenters. The summed E-state index contributed by atoms with van der Waals surface area (Å²) in [7, 11) is 1.91. The van der Waals surface area contributed by atoms with Gasteiger partial charge in [0.1, 0.15) is 0 Å². The first-order valence-corrected chi connectivity index (χ1v) is 3.99. The minimum atomic E-state index is 0.120. The Hall–Kier alpha value is -0.500. The molecule has 62 valence electrons. The van der Waals surface area contributed by atoms with E-state index < -0.39 is 0 Å². The van der Waals surface area contributed by atoms with Crippen molar-refractivity contribution in [3.05, 3.63) is 16.9 Å². The van der Waals surface area contributed by atoms with E-state index in [0.29, 0.717) is 5.15 Å². The maximum Gasteiger partial charge on any atom is 0.151 e. The van der Waals surface area contributed by atoms with Crippen LogP contribution in [-0.2, 0) is 12.5 Å². The van der Waals surface area contributed by atoms with E-state index >= 15 is 0 Å². The minimum absolute atomic E-state index is 0.120. The first kappa shape index (κ1) is 8.60. The van der Waals surface area contributed by atoms with Crippen LogP contribution < -0.4 is 0 Å². The largest absolute Gasteiger partial charge is 0.271 e. The molecule has 0 aliphatic heterocycles. The molecule has 1 rings (SSSR count). The summed E-state index contributed by atoms with van der Waals surface area (Å²) in [6.45, 7) is 6.42. The number of hydrogen-bond acceptors (Lipinski definition) is 1. The summed E-state index contributed by atoms with van der Waals surface area (Å²) in [6, 6.07) is 1.90. The molecule has 1 aromatic heterocycles. The van der Waals surface area contributed by atoms with Crippen LogP contribution in [0, 0.1) is 0 Å². The lowest BCUT2D eigenvalue weighted by molar-refractivity contribution is 0.523. The molecule has 0 N–H and O–H groups in total. The van der Waals surface area contributed by atoms with Gasteiger partial charge in [0.15, 0.2) is 5.15 Å². The van der Waals surface area contributed by atoms with Crippen molar-refractivity contribution in [3.8, 4) is 0 Å². The lowest BCUT2D eigenvalue weighted by atomic mass is 9.92. The third-order valence-electron chi connectivity index (χ3n) is 1.62. The molecule has 3 heteroatoms. The van der Waals surface area contributed by atoms with Crippen molar-refractivity contribution < 1.29 is 0 Å². The number of rotatable bonds is 0. The highest BCUT2D eigenvalue weighted by Crippen LogP contribution is 2.23. The van der Waals surface area contributed by atoms with Gasteiger partial charge in [-0.1, -0.05) is 32.4 Å². The molecule has 11 heavy (non-hydrogen) atoms. The zero-order valence-corrected chi connectivity index (χ0v) is 8.11. The summed E-state index contributed by atoms with van der Waals surface area (Å²) in [5, 5.41) is 4.63. The van der Waals surface area contributed by atoms with Crippen LogP contribution in [0.1, 0.15) is 26.5 Å². The van der Waals surface area contributed by atoms with Crippen LogP contribution >= 0.6 is 11.6 Å². The molecule has 0 aliphatic carbocycles. The first-order valence-electron chi connectivity index (χ1n) is 3.61. The van der Waals surface area contributed by atoms with Gasteiger partial charge in [-0.05, 0) is 6.07 Å². The maximum absolute atomic E-state index is 5.74. The van der Waals surface area contributed by atoms with Gasteiger partial charge < -0.3 is 0 Å². The molecular weight excluding hydrogens is 160 g/mol. The van der Waals surface area contributed by atoms with Gasteiger partial charge in [0.25, 0.3) is 0 Å². The van der Waals surface area contributed by atoms with E-state index in [1.807, 2.05) is 17.8 Å². The Morgan fingerprint density at radius 3 is 2.18 bits per heavy atom. The van der Waals surface area contributed by atoms with E-state index in [0.717, 1.165) is 5.69 Å². The van der Waals surface area contributed by atoms with Gasteiger partial charge in [0.2, 0.25) is 0 Å². The van der Waals surface area contributed by atoms with E-state index in [4.69, 9.17) is 11.6 Å². The lowest BCUT2D eigenvalue weighted by Crippen LogP contribution is -2.16. The Labute approximate surface area is 72.2 Å². The van der Waals surface area contributed by atoms with Crippen molar-refractivity contribution in [2.24, 2.45) is 7.05 Å². The molecule has 0 amide bonds. The molecule has 0 bridgehead atoms. The Bertz CT molecular complexity index is 258. The van der Waals surface area contributed by atoms with Gasteiger partial charge >= 0.3 is 0 Å². The highest BCUT2D eigenvalue weighted by molar-refractivity contribution is 6.29. The molecule has 0 fully saturated rings. The van der Waals surface area contributed by atoms with Crippen LogP contribution in [0.2, 0.25) is 5.15 Å². The zero-order chi connectivity index (χ0) is 8.65. The van der Waals surface area contributed by atoms with E-state index in [9.17, 15) is 0 Å². The van der Waals surface area contributed by atoms with Crippen molar-refractivity contribution in [3.63, 3.8) is 0 Å². The van der Waals surface area contributed by atoms with Crippen molar-refractivity contribution in [2.75, 3.05) is 0 Å². The van der Waals surface area contributed by atoms with Crippen molar-refractivity contribution in [2.45, 2.75) is 26.2 Å². The minimum Gasteiger partial charge on any atom is -0.271 e. The Morgan fingerprint density at radius 2 is 2.00 bits per heavy atom. The van der Waals surface area contributed by atoms with Gasteiger partial charge in [0.05, 0.1) is 0 Å². The first-order chi connectivity index (χ1) is 4.91. The third kappa shape index (κ3) is 1.74. The van der Waals surface area contributed by atoms with Crippen molar-refractivity contribution in [1.29, 1.82) is 0 Å². The number of halogens is 1. The second-order valence-corrected chi connectivity index (χ2v) is 4.11. The van der Waals surface area contributed by atoms with Crippen LogP contribution in [0.5, 0.6) is 0 Å². The fourth-order valence-electron chi connectivity index (χ4n) is 1.13. The molecule has 0 saturated heterocycles. The predicted molar refractivity (Wildman–Crippen MR) is 46.9 cm³/mol. The molecule has 1 aromatic rings. The second kappa shape index (κ2) is 2.52. The highest BCUT2D eigenvalue weighted by Gasteiger charge is 2.18. The van der Waals surface area contributed by atoms with E-state index in [-0.39, 0.29) is 5.41 Å². The normalized spacial score (nSPS) is 12.1. The average Bonchev–Trinajstić information content (AvgIpc) is 2.08. The molecule has 0 radical (unpaired) electrons. The van der Waals surface area contributed by atoms with Crippen LogP contribution in [0.25, 0.3) is 0 Å². The smallest absolute Gasteiger partial charge is 0.151 e. The van der Waals surface area contributed by atoms with E-state index in [1.165, 1.54) is 0 Å². The standard InChI is InChI=1S/C8H13ClN2/c1-8(2,3)6-5-7(9)10-11(6)4/h5H,1-4H3. The third-order valence-corrected chi connectivity index (χ3v) is 1.80. The number of hydrogen-bond donors (Lipinski definition) is 0. The topological polar surface area (TPSA) is 17.8 Å². The monoisotopic (exact) mass is 172 g/mol. The zero-order valence-electron chi connectivity index (χ0n) is 7.35. The molecule has 0 unspecified atom stereocenters. The lowest BCUT2D eigenvalue weighted by Gasteiger charge is -2.17. The maximum atomic E-state index is 5.74. The van der Waals surface area contributed by atoms with Crippen LogP contribution in [0.15, 0.2) is 6.07 Å². The second-order valence-electron chi connectivity index (χ2n) is 3.73. The van der Waals surface area contributed by atoms with E-state index in [1.54, 1.807) is 0 Å². The summed E-state index contributed by atoms with van der Waals surface area (Å²) >= 11 is 5.74. The van der Waals surface area contributed by atoms with Crippen LogP contribution in [0.4, 0.5) is 0 Å². The van der Waals surface area contributed by atoms with Crippen molar-refractivity contribution in [1.82, 2.24) is 9.78 Å². The summed E-state index contributed by atoms with van der Waals surface area (Å²) < 4.78 is 1.82.